The minimum atomic E-state index is -0.237. The molecule has 2 heterocycles. The van der Waals surface area contributed by atoms with Gasteiger partial charge in [-0.3, -0.25) is 9.69 Å². The molecular weight excluding hydrogens is 305 g/mol. The van der Waals surface area contributed by atoms with Crippen LogP contribution in [0.4, 0.5) is 4.39 Å². The first-order valence-electron chi connectivity index (χ1n) is 8.95. The molecule has 2 unspecified atom stereocenters. The molecule has 24 heavy (non-hydrogen) atoms. The van der Waals surface area contributed by atoms with Crippen molar-refractivity contribution in [1.82, 2.24) is 14.7 Å². The summed E-state index contributed by atoms with van der Waals surface area (Å²) in [6, 6.07) is 7.70. The lowest BCUT2D eigenvalue weighted by Gasteiger charge is -2.28. The summed E-state index contributed by atoms with van der Waals surface area (Å²) in [6.45, 7) is 3.52. The van der Waals surface area contributed by atoms with E-state index in [1.165, 1.54) is 18.6 Å². The average molecular weight is 333 g/mol. The van der Waals surface area contributed by atoms with Gasteiger partial charge in [0.15, 0.2) is 0 Å². The van der Waals surface area contributed by atoms with Crippen molar-refractivity contribution in [3.63, 3.8) is 0 Å². The second kappa shape index (κ2) is 7.62. The second-order valence-electron chi connectivity index (χ2n) is 7.33. The summed E-state index contributed by atoms with van der Waals surface area (Å²) in [5, 5.41) is 0. The molecule has 3 rings (SSSR count). The number of carbonyl (C=O) groups is 1. The minimum absolute atomic E-state index is 0.199. The van der Waals surface area contributed by atoms with Crippen LogP contribution in [0.15, 0.2) is 24.3 Å². The van der Waals surface area contributed by atoms with Crippen LogP contribution in [0.5, 0.6) is 0 Å². The van der Waals surface area contributed by atoms with Crippen LogP contribution in [-0.2, 0) is 11.3 Å². The van der Waals surface area contributed by atoms with Crippen LogP contribution in [0, 0.1) is 5.82 Å². The first-order chi connectivity index (χ1) is 11.5. The van der Waals surface area contributed by atoms with Crippen molar-refractivity contribution in [3.05, 3.63) is 35.6 Å². The van der Waals surface area contributed by atoms with Gasteiger partial charge < -0.3 is 9.80 Å². The predicted molar refractivity (Wildman–Crippen MR) is 93.1 cm³/mol. The molecule has 0 N–H and O–H groups in total. The van der Waals surface area contributed by atoms with Gasteiger partial charge in [-0.05, 0) is 51.1 Å². The van der Waals surface area contributed by atoms with Crippen molar-refractivity contribution in [2.24, 2.45) is 0 Å². The summed E-state index contributed by atoms with van der Waals surface area (Å²) in [4.78, 5) is 19.2. The van der Waals surface area contributed by atoms with Gasteiger partial charge in [-0.15, -0.1) is 0 Å². The number of hydrogen-bond acceptors (Lipinski definition) is 3. The molecule has 5 heteroatoms. The van der Waals surface area contributed by atoms with E-state index in [-0.39, 0.29) is 11.7 Å². The number of likely N-dealkylation sites (N-methyl/N-ethyl adjacent to an activating group) is 1. The van der Waals surface area contributed by atoms with Gasteiger partial charge in [-0.25, -0.2) is 4.39 Å². The highest BCUT2D eigenvalue weighted by atomic mass is 19.1. The molecule has 2 aliphatic rings. The summed E-state index contributed by atoms with van der Waals surface area (Å²) >= 11 is 0. The Morgan fingerprint density at radius 3 is 2.75 bits per heavy atom. The van der Waals surface area contributed by atoms with Gasteiger partial charge in [-0.2, -0.15) is 0 Å². The highest BCUT2D eigenvalue weighted by Crippen LogP contribution is 2.24. The Balaban J connectivity index is 1.58. The van der Waals surface area contributed by atoms with Crippen LogP contribution in [0.1, 0.15) is 31.2 Å². The van der Waals surface area contributed by atoms with E-state index in [1.54, 1.807) is 6.07 Å². The summed E-state index contributed by atoms with van der Waals surface area (Å²) < 4.78 is 13.4. The first kappa shape index (κ1) is 17.4. The van der Waals surface area contributed by atoms with E-state index >= 15 is 0 Å². The summed E-state index contributed by atoms with van der Waals surface area (Å²) in [7, 11) is 4.29. The number of rotatable bonds is 4. The van der Waals surface area contributed by atoms with Crippen molar-refractivity contribution in [2.75, 3.05) is 33.7 Å². The van der Waals surface area contributed by atoms with Gasteiger partial charge in [0.25, 0.3) is 0 Å². The van der Waals surface area contributed by atoms with Crippen molar-refractivity contribution in [1.29, 1.82) is 0 Å². The molecule has 1 aromatic rings. The van der Waals surface area contributed by atoms with Gasteiger partial charge in [-0.1, -0.05) is 12.1 Å². The molecule has 0 aromatic heterocycles. The fraction of sp³-hybridized carbons (Fsp3) is 0.632. The lowest BCUT2D eigenvalue weighted by molar-refractivity contribution is -0.131. The fourth-order valence-electron chi connectivity index (χ4n) is 3.93. The molecule has 0 bridgehead atoms. The summed E-state index contributed by atoms with van der Waals surface area (Å²) in [6.07, 6.45) is 3.77. The van der Waals surface area contributed by atoms with Gasteiger partial charge in [0.05, 0.1) is 0 Å². The predicted octanol–water partition coefficient (Wildman–Crippen LogP) is 2.34. The number of halogens is 1. The molecule has 4 nitrogen and oxygen atoms in total. The third-order valence-corrected chi connectivity index (χ3v) is 5.48. The van der Waals surface area contributed by atoms with Gasteiger partial charge in [0, 0.05) is 44.7 Å². The molecule has 0 aliphatic carbocycles. The zero-order chi connectivity index (χ0) is 17.1. The molecule has 1 aromatic carbocycles. The van der Waals surface area contributed by atoms with E-state index in [4.69, 9.17) is 0 Å². The summed E-state index contributed by atoms with van der Waals surface area (Å²) in [5.74, 6) is -0.0374. The van der Waals surface area contributed by atoms with E-state index in [0.29, 0.717) is 25.0 Å². The number of benzene rings is 1. The third-order valence-electron chi connectivity index (χ3n) is 5.48. The van der Waals surface area contributed by atoms with Crippen LogP contribution >= 0.6 is 0 Å². The molecule has 2 aliphatic heterocycles. The van der Waals surface area contributed by atoms with Crippen LogP contribution in [0.3, 0.4) is 0 Å². The lowest BCUT2D eigenvalue weighted by Crippen LogP contribution is -2.37. The number of nitrogens with zero attached hydrogens (tertiary/aromatic N) is 3. The molecular formula is C19H28FN3O. The smallest absolute Gasteiger partial charge is 0.222 e. The maximum absolute atomic E-state index is 13.4. The maximum Gasteiger partial charge on any atom is 0.222 e. The van der Waals surface area contributed by atoms with E-state index in [2.05, 4.69) is 23.9 Å². The first-order valence-corrected chi connectivity index (χ1v) is 8.95. The fourth-order valence-corrected chi connectivity index (χ4v) is 3.93. The minimum Gasteiger partial charge on any atom is -0.338 e. The van der Waals surface area contributed by atoms with E-state index < -0.39 is 0 Å². The molecule has 2 fully saturated rings. The van der Waals surface area contributed by atoms with Crippen molar-refractivity contribution in [2.45, 2.75) is 44.3 Å². The highest BCUT2D eigenvalue weighted by molar-refractivity contribution is 5.76. The number of carbonyl (C=O) groups excluding carboxylic acids is 1. The Morgan fingerprint density at radius 2 is 2.04 bits per heavy atom. The SMILES string of the molecule is CN(C)C1CCN(C2CCC(=O)N(Cc3cccc(F)c3)CC2)C1. The maximum atomic E-state index is 13.4. The highest BCUT2D eigenvalue weighted by Gasteiger charge is 2.32. The molecule has 0 saturated carbocycles. The van der Waals surface area contributed by atoms with E-state index in [0.717, 1.165) is 38.0 Å². The lowest BCUT2D eigenvalue weighted by atomic mass is 10.1. The topological polar surface area (TPSA) is 26.8 Å². The standard InChI is InChI=1S/C19H28FN3O/c1-21(2)18-9-10-22(14-18)17-6-7-19(24)23(11-8-17)13-15-4-3-5-16(20)12-15/h3-5,12,17-18H,6-11,13-14H2,1-2H3. The van der Waals surface area contributed by atoms with Crippen molar-refractivity contribution in [3.8, 4) is 0 Å². The number of likely N-dealkylation sites (tertiary alicyclic amines) is 2. The molecule has 132 valence electrons. The van der Waals surface area contributed by atoms with Gasteiger partial charge in [0.1, 0.15) is 5.82 Å². The Labute approximate surface area is 144 Å². The molecule has 2 atom stereocenters. The van der Waals surface area contributed by atoms with E-state index in [1.807, 2.05) is 11.0 Å². The number of amides is 1. The zero-order valence-electron chi connectivity index (χ0n) is 14.7. The van der Waals surface area contributed by atoms with Gasteiger partial charge >= 0.3 is 0 Å². The average Bonchev–Trinajstić information content (AvgIpc) is 2.97. The molecule has 1 amide bonds. The zero-order valence-corrected chi connectivity index (χ0v) is 14.7. The van der Waals surface area contributed by atoms with Crippen LogP contribution in [0.25, 0.3) is 0 Å². The van der Waals surface area contributed by atoms with Crippen molar-refractivity contribution >= 4 is 5.91 Å². The Morgan fingerprint density at radius 1 is 1.21 bits per heavy atom. The van der Waals surface area contributed by atoms with Crippen LogP contribution in [0.2, 0.25) is 0 Å². The molecule has 0 radical (unpaired) electrons. The quantitative estimate of drug-likeness (QED) is 0.846. The monoisotopic (exact) mass is 333 g/mol. The van der Waals surface area contributed by atoms with Crippen LogP contribution in [-0.4, -0.2) is 66.4 Å². The largest absolute Gasteiger partial charge is 0.338 e. The van der Waals surface area contributed by atoms with Crippen molar-refractivity contribution < 1.29 is 9.18 Å². The normalized spacial score (nSPS) is 26.2. The molecule has 2 saturated heterocycles. The molecule has 0 spiro atoms. The Kier molecular flexibility index (Phi) is 5.51. The third kappa shape index (κ3) is 4.14. The van der Waals surface area contributed by atoms with E-state index in [9.17, 15) is 9.18 Å². The Hall–Kier alpha value is -1.46. The Bertz CT molecular complexity index is 577. The second-order valence-corrected chi connectivity index (χ2v) is 7.33. The van der Waals surface area contributed by atoms with Gasteiger partial charge in [0.2, 0.25) is 5.91 Å². The van der Waals surface area contributed by atoms with Crippen LogP contribution < -0.4 is 0 Å². The summed E-state index contributed by atoms with van der Waals surface area (Å²) in [5.41, 5.74) is 0.871. The number of hydrogen-bond donors (Lipinski definition) is 0.